The Morgan fingerprint density at radius 2 is 2.05 bits per heavy atom. The molecule has 1 aromatic heterocycles. The lowest BCUT2D eigenvalue weighted by atomic mass is 10.0. The minimum absolute atomic E-state index is 0.0699. The lowest BCUT2D eigenvalue weighted by Gasteiger charge is -2.18. The zero-order valence-electron chi connectivity index (χ0n) is 10.7. The van der Waals surface area contributed by atoms with Crippen molar-refractivity contribution in [1.82, 2.24) is 10.3 Å². The average molecular weight is 325 g/mol. The van der Waals surface area contributed by atoms with Gasteiger partial charge in [-0.1, -0.05) is 6.07 Å². The summed E-state index contributed by atoms with van der Waals surface area (Å²) in [6, 6.07) is 6.79. The summed E-state index contributed by atoms with van der Waals surface area (Å²) in [5, 5.41) is 3.19. The number of halogens is 2. The molecule has 0 radical (unpaired) electrons. The number of nitrogens with zero attached hydrogens (tertiary/aromatic N) is 1. The highest BCUT2D eigenvalue weighted by Gasteiger charge is 2.14. The van der Waals surface area contributed by atoms with Crippen LogP contribution in [0.1, 0.15) is 17.2 Å². The van der Waals surface area contributed by atoms with E-state index in [0.29, 0.717) is 10.2 Å². The van der Waals surface area contributed by atoms with E-state index < -0.39 is 0 Å². The quantitative estimate of drug-likeness (QED) is 0.937. The van der Waals surface area contributed by atoms with E-state index in [2.05, 4.69) is 26.2 Å². The molecule has 0 saturated heterocycles. The average Bonchev–Trinajstić information content (AvgIpc) is 2.44. The standard InChI is InChI=1S/C14H14BrFN2O/c1-17-14(9-3-4-13(16)12(15)6-9)10-5-11(19-2)8-18-7-10/h3-8,14,17H,1-2H3. The Labute approximate surface area is 119 Å². The van der Waals surface area contributed by atoms with Gasteiger partial charge in [-0.15, -0.1) is 0 Å². The number of pyridine rings is 1. The summed E-state index contributed by atoms with van der Waals surface area (Å²) in [5.74, 6) is 0.418. The number of benzene rings is 1. The SMILES string of the molecule is CNC(c1cncc(OC)c1)c1ccc(F)c(Br)c1. The van der Waals surface area contributed by atoms with E-state index in [9.17, 15) is 4.39 Å². The summed E-state index contributed by atoms with van der Waals surface area (Å²) >= 11 is 3.20. The van der Waals surface area contributed by atoms with Gasteiger partial charge in [-0.05, 0) is 52.3 Å². The highest BCUT2D eigenvalue weighted by atomic mass is 79.9. The molecule has 0 amide bonds. The molecule has 0 saturated carbocycles. The first-order valence-electron chi connectivity index (χ1n) is 5.77. The molecule has 2 rings (SSSR count). The predicted octanol–water partition coefficient (Wildman–Crippen LogP) is 3.30. The van der Waals surface area contributed by atoms with Gasteiger partial charge in [0, 0.05) is 6.20 Å². The molecule has 19 heavy (non-hydrogen) atoms. The van der Waals surface area contributed by atoms with E-state index >= 15 is 0 Å². The van der Waals surface area contributed by atoms with Crippen LogP contribution in [-0.2, 0) is 0 Å². The predicted molar refractivity (Wildman–Crippen MR) is 75.8 cm³/mol. The first kappa shape index (κ1) is 14.0. The van der Waals surface area contributed by atoms with Gasteiger partial charge in [0.15, 0.2) is 0 Å². The molecule has 1 N–H and O–H groups in total. The Morgan fingerprint density at radius 1 is 1.26 bits per heavy atom. The monoisotopic (exact) mass is 324 g/mol. The van der Waals surface area contributed by atoms with Gasteiger partial charge >= 0.3 is 0 Å². The number of rotatable bonds is 4. The molecular formula is C14H14BrFN2O. The zero-order chi connectivity index (χ0) is 13.8. The van der Waals surface area contributed by atoms with Gasteiger partial charge in [-0.25, -0.2) is 4.39 Å². The lowest BCUT2D eigenvalue weighted by Crippen LogP contribution is -2.18. The fourth-order valence-corrected chi connectivity index (χ4v) is 2.32. The summed E-state index contributed by atoms with van der Waals surface area (Å²) in [5.41, 5.74) is 1.91. The number of nitrogens with one attached hydrogen (secondary N) is 1. The summed E-state index contributed by atoms with van der Waals surface area (Å²) in [4.78, 5) is 4.14. The van der Waals surface area contributed by atoms with Crippen molar-refractivity contribution < 1.29 is 9.13 Å². The molecule has 0 spiro atoms. The molecule has 0 fully saturated rings. The van der Waals surface area contributed by atoms with Crippen molar-refractivity contribution in [2.24, 2.45) is 0 Å². The third kappa shape index (κ3) is 3.11. The van der Waals surface area contributed by atoms with Gasteiger partial charge in [-0.2, -0.15) is 0 Å². The topological polar surface area (TPSA) is 34.2 Å². The van der Waals surface area contributed by atoms with E-state index in [-0.39, 0.29) is 11.9 Å². The molecular weight excluding hydrogens is 311 g/mol. The molecule has 1 heterocycles. The smallest absolute Gasteiger partial charge is 0.137 e. The van der Waals surface area contributed by atoms with Crippen LogP contribution in [0.5, 0.6) is 5.75 Å². The van der Waals surface area contributed by atoms with Gasteiger partial charge in [0.2, 0.25) is 0 Å². The second-order valence-corrected chi connectivity index (χ2v) is 4.91. The second kappa shape index (κ2) is 6.12. The molecule has 1 atom stereocenters. The van der Waals surface area contributed by atoms with E-state index in [1.54, 1.807) is 31.6 Å². The van der Waals surface area contributed by atoms with Crippen LogP contribution in [0.2, 0.25) is 0 Å². The van der Waals surface area contributed by atoms with Gasteiger partial charge in [0.05, 0.1) is 23.8 Å². The molecule has 5 heteroatoms. The summed E-state index contributed by atoms with van der Waals surface area (Å²) < 4.78 is 18.9. The zero-order valence-corrected chi connectivity index (χ0v) is 12.2. The Kier molecular flexibility index (Phi) is 4.50. The summed E-state index contributed by atoms with van der Waals surface area (Å²) in [6.45, 7) is 0. The molecule has 0 aliphatic heterocycles. The maximum Gasteiger partial charge on any atom is 0.137 e. The van der Waals surface area contributed by atoms with Gasteiger partial charge in [0.25, 0.3) is 0 Å². The van der Waals surface area contributed by atoms with Crippen LogP contribution in [0.15, 0.2) is 41.1 Å². The third-order valence-electron chi connectivity index (χ3n) is 2.87. The minimum Gasteiger partial charge on any atom is -0.495 e. The Morgan fingerprint density at radius 3 is 2.68 bits per heavy atom. The second-order valence-electron chi connectivity index (χ2n) is 4.05. The third-order valence-corrected chi connectivity index (χ3v) is 3.48. The summed E-state index contributed by atoms with van der Waals surface area (Å²) in [6.07, 6.45) is 3.41. The van der Waals surface area contributed by atoms with Crippen LogP contribution in [-0.4, -0.2) is 19.1 Å². The molecule has 3 nitrogen and oxygen atoms in total. The molecule has 0 aliphatic carbocycles. The lowest BCUT2D eigenvalue weighted by molar-refractivity contribution is 0.411. The van der Waals surface area contributed by atoms with E-state index in [4.69, 9.17) is 4.74 Å². The molecule has 0 aliphatic rings. The van der Waals surface area contributed by atoms with Crippen molar-refractivity contribution in [1.29, 1.82) is 0 Å². The van der Waals surface area contributed by atoms with Crippen LogP contribution in [0.25, 0.3) is 0 Å². The van der Waals surface area contributed by atoms with Crippen molar-refractivity contribution in [2.75, 3.05) is 14.2 Å². The van der Waals surface area contributed by atoms with Crippen LogP contribution in [0, 0.1) is 5.82 Å². The van der Waals surface area contributed by atoms with Gasteiger partial charge in [-0.3, -0.25) is 4.98 Å². The molecule has 1 unspecified atom stereocenters. The highest BCUT2D eigenvalue weighted by Crippen LogP contribution is 2.27. The van der Waals surface area contributed by atoms with E-state index in [0.717, 1.165) is 11.1 Å². The van der Waals surface area contributed by atoms with Crippen molar-refractivity contribution in [3.05, 3.63) is 58.1 Å². The number of aromatic nitrogens is 1. The molecule has 2 aromatic rings. The Hall–Kier alpha value is -1.46. The first-order valence-corrected chi connectivity index (χ1v) is 6.56. The fraction of sp³-hybridized carbons (Fsp3) is 0.214. The number of methoxy groups -OCH3 is 1. The van der Waals surface area contributed by atoms with Crippen LogP contribution in [0.4, 0.5) is 4.39 Å². The molecule has 100 valence electrons. The van der Waals surface area contributed by atoms with Crippen LogP contribution < -0.4 is 10.1 Å². The van der Waals surface area contributed by atoms with Crippen LogP contribution >= 0.6 is 15.9 Å². The normalized spacial score (nSPS) is 12.2. The van der Waals surface area contributed by atoms with Gasteiger partial charge < -0.3 is 10.1 Å². The summed E-state index contributed by atoms with van der Waals surface area (Å²) in [7, 11) is 3.45. The van der Waals surface area contributed by atoms with E-state index in [1.807, 2.05) is 13.1 Å². The van der Waals surface area contributed by atoms with Crippen molar-refractivity contribution >= 4 is 15.9 Å². The first-order chi connectivity index (χ1) is 9.15. The van der Waals surface area contributed by atoms with Gasteiger partial charge in [0.1, 0.15) is 11.6 Å². The number of hydrogen-bond acceptors (Lipinski definition) is 3. The largest absolute Gasteiger partial charge is 0.495 e. The Balaban J connectivity index is 2.40. The maximum absolute atomic E-state index is 13.3. The van der Waals surface area contributed by atoms with Crippen molar-refractivity contribution in [3.8, 4) is 5.75 Å². The van der Waals surface area contributed by atoms with Crippen molar-refractivity contribution in [3.63, 3.8) is 0 Å². The molecule has 0 bridgehead atoms. The minimum atomic E-state index is -0.276. The van der Waals surface area contributed by atoms with Crippen molar-refractivity contribution in [2.45, 2.75) is 6.04 Å². The Bertz CT molecular complexity index is 577. The number of ether oxygens (including phenoxy) is 1. The maximum atomic E-state index is 13.3. The highest BCUT2D eigenvalue weighted by molar-refractivity contribution is 9.10. The van der Waals surface area contributed by atoms with E-state index in [1.165, 1.54) is 6.07 Å². The fourth-order valence-electron chi connectivity index (χ4n) is 1.92. The number of hydrogen-bond donors (Lipinski definition) is 1. The van der Waals surface area contributed by atoms with Crippen LogP contribution in [0.3, 0.4) is 0 Å². The molecule has 1 aromatic carbocycles.